The van der Waals surface area contributed by atoms with E-state index < -0.39 is 0 Å². The largest absolute Gasteiger partial charge is 0.491 e. The highest BCUT2D eigenvalue weighted by Crippen LogP contribution is 2.43. The molecule has 1 N–H and O–H groups in total. The topological polar surface area (TPSA) is 44.8 Å². The molecule has 0 bridgehead atoms. The smallest absolute Gasteiger partial charge is 0.317 e. The molecule has 5 rings (SSSR count). The van der Waals surface area contributed by atoms with Crippen LogP contribution in [0.25, 0.3) is 0 Å². The van der Waals surface area contributed by atoms with Crippen molar-refractivity contribution < 1.29 is 9.53 Å². The molecule has 3 aliphatic heterocycles. The van der Waals surface area contributed by atoms with Crippen LogP contribution in [-0.2, 0) is 12.8 Å². The third-order valence-corrected chi connectivity index (χ3v) is 7.60. The molecule has 2 aromatic carbocycles. The summed E-state index contributed by atoms with van der Waals surface area (Å²) < 4.78 is 5.95. The highest BCUT2D eigenvalue weighted by atomic mass is 16.5. The summed E-state index contributed by atoms with van der Waals surface area (Å²) in [5.74, 6) is 1.56. The quantitative estimate of drug-likeness (QED) is 0.715. The second-order valence-electron chi connectivity index (χ2n) is 10.2. The third-order valence-electron chi connectivity index (χ3n) is 7.60. The summed E-state index contributed by atoms with van der Waals surface area (Å²) in [4.78, 5) is 18.0. The molecular weight excluding hydrogens is 410 g/mol. The van der Waals surface area contributed by atoms with Gasteiger partial charge in [0.25, 0.3) is 0 Å². The maximum absolute atomic E-state index is 13.2. The van der Waals surface area contributed by atoms with Crippen LogP contribution in [0.2, 0.25) is 0 Å². The normalized spacial score (nSPS) is 24.6. The van der Waals surface area contributed by atoms with Gasteiger partial charge in [-0.25, -0.2) is 4.79 Å². The molecule has 2 aromatic rings. The number of likely N-dealkylation sites (tertiary alicyclic amines) is 1. The van der Waals surface area contributed by atoms with Gasteiger partial charge in [0.2, 0.25) is 0 Å². The van der Waals surface area contributed by atoms with E-state index in [1.807, 2.05) is 6.07 Å². The van der Waals surface area contributed by atoms with Gasteiger partial charge in [0.15, 0.2) is 0 Å². The number of nitrogens with one attached hydrogen (secondary N) is 1. The molecule has 2 amide bonds. The fourth-order valence-corrected chi connectivity index (χ4v) is 6.09. The Hall–Kier alpha value is -2.53. The molecule has 176 valence electrons. The molecule has 0 saturated carbocycles. The molecule has 0 aromatic heterocycles. The Morgan fingerprint density at radius 1 is 1.15 bits per heavy atom. The number of amides is 2. The molecule has 5 nitrogen and oxygen atoms in total. The Labute approximate surface area is 198 Å². The van der Waals surface area contributed by atoms with Crippen molar-refractivity contribution in [2.45, 2.75) is 64.1 Å². The van der Waals surface area contributed by atoms with Gasteiger partial charge in [-0.1, -0.05) is 36.4 Å². The predicted molar refractivity (Wildman–Crippen MR) is 132 cm³/mol. The van der Waals surface area contributed by atoms with Crippen LogP contribution in [0.3, 0.4) is 0 Å². The summed E-state index contributed by atoms with van der Waals surface area (Å²) in [5, 5.41) is 3.21. The Balaban J connectivity index is 1.27. The molecular formula is C28H37N3O2. The fraction of sp³-hybridized carbons (Fsp3) is 0.536. The first kappa shape index (κ1) is 22.3. The van der Waals surface area contributed by atoms with E-state index in [2.05, 4.69) is 71.4 Å². The first-order valence-electron chi connectivity index (χ1n) is 12.7. The lowest BCUT2D eigenvalue weighted by Crippen LogP contribution is -2.59. The van der Waals surface area contributed by atoms with Crippen molar-refractivity contribution in [2.24, 2.45) is 5.92 Å². The Kier molecular flexibility index (Phi) is 6.59. The van der Waals surface area contributed by atoms with E-state index in [1.54, 1.807) is 0 Å². The molecule has 3 heterocycles. The van der Waals surface area contributed by atoms with Gasteiger partial charge in [-0.15, -0.1) is 0 Å². The van der Waals surface area contributed by atoms with Crippen molar-refractivity contribution in [1.82, 2.24) is 15.1 Å². The predicted octanol–water partition coefficient (Wildman–Crippen LogP) is 4.81. The Morgan fingerprint density at radius 2 is 2.00 bits per heavy atom. The highest BCUT2D eigenvalue weighted by Gasteiger charge is 2.43. The van der Waals surface area contributed by atoms with Gasteiger partial charge in [-0.05, 0) is 80.7 Å². The van der Waals surface area contributed by atoms with Crippen LogP contribution in [-0.4, -0.2) is 54.2 Å². The number of piperidine rings is 2. The lowest BCUT2D eigenvalue weighted by molar-refractivity contribution is 0.00574. The van der Waals surface area contributed by atoms with Crippen LogP contribution in [0.4, 0.5) is 4.79 Å². The molecule has 33 heavy (non-hydrogen) atoms. The van der Waals surface area contributed by atoms with E-state index in [1.165, 1.54) is 23.1 Å². The third kappa shape index (κ3) is 4.89. The summed E-state index contributed by atoms with van der Waals surface area (Å²) in [5.41, 5.74) is 4.12. The van der Waals surface area contributed by atoms with E-state index in [9.17, 15) is 4.79 Å². The minimum absolute atomic E-state index is 0.116. The zero-order valence-electron chi connectivity index (χ0n) is 20.0. The van der Waals surface area contributed by atoms with Crippen LogP contribution >= 0.6 is 0 Å². The zero-order chi connectivity index (χ0) is 22.8. The van der Waals surface area contributed by atoms with E-state index in [4.69, 9.17) is 4.74 Å². The number of hydrogen-bond acceptors (Lipinski definition) is 3. The number of carbonyl (C=O) groups excluding carboxylic acids is 1. The van der Waals surface area contributed by atoms with Crippen molar-refractivity contribution >= 4 is 6.03 Å². The highest BCUT2D eigenvalue weighted by molar-refractivity contribution is 5.74. The molecule has 0 aliphatic carbocycles. The minimum atomic E-state index is 0.116. The van der Waals surface area contributed by atoms with Gasteiger partial charge in [0, 0.05) is 38.3 Å². The van der Waals surface area contributed by atoms with Crippen LogP contribution in [0.15, 0.2) is 48.5 Å². The summed E-state index contributed by atoms with van der Waals surface area (Å²) >= 11 is 0. The molecule has 5 heteroatoms. The summed E-state index contributed by atoms with van der Waals surface area (Å²) in [6.07, 6.45) is 5.53. The molecule has 0 spiro atoms. The van der Waals surface area contributed by atoms with Crippen LogP contribution in [0.5, 0.6) is 5.75 Å². The number of benzene rings is 2. The summed E-state index contributed by atoms with van der Waals surface area (Å²) in [6.45, 7) is 7.92. The number of hydrogen-bond donors (Lipinski definition) is 1. The number of ether oxygens (including phenoxy) is 1. The lowest BCUT2D eigenvalue weighted by Gasteiger charge is -2.52. The second kappa shape index (κ2) is 9.76. The van der Waals surface area contributed by atoms with Gasteiger partial charge in [0.05, 0.1) is 6.10 Å². The van der Waals surface area contributed by atoms with Crippen molar-refractivity contribution in [3.8, 4) is 5.75 Å². The SMILES string of the molecule is CC(C)Oc1ccc2c(c1)CCN1C[C@H]3CCCN(C(=O)NCCc4ccccc4)[C@H]3C[C@H]21. The summed E-state index contributed by atoms with van der Waals surface area (Å²) in [6, 6.07) is 17.9. The molecule has 0 radical (unpaired) electrons. The van der Waals surface area contributed by atoms with Crippen LogP contribution in [0.1, 0.15) is 55.8 Å². The van der Waals surface area contributed by atoms with Crippen molar-refractivity contribution in [3.05, 3.63) is 65.2 Å². The fourth-order valence-electron chi connectivity index (χ4n) is 6.09. The van der Waals surface area contributed by atoms with Crippen LogP contribution < -0.4 is 10.1 Å². The number of rotatable bonds is 5. The van der Waals surface area contributed by atoms with E-state index in [-0.39, 0.29) is 12.1 Å². The first-order valence-corrected chi connectivity index (χ1v) is 12.7. The van der Waals surface area contributed by atoms with Gasteiger partial charge < -0.3 is 15.0 Å². The van der Waals surface area contributed by atoms with Gasteiger partial charge in [-0.3, -0.25) is 4.90 Å². The maximum Gasteiger partial charge on any atom is 0.317 e. The molecule has 3 atom stereocenters. The van der Waals surface area contributed by atoms with Gasteiger partial charge in [-0.2, -0.15) is 0 Å². The van der Waals surface area contributed by atoms with Crippen LogP contribution in [0, 0.1) is 5.92 Å². The lowest BCUT2D eigenvalue weighted by atomic mass is 9.76. The zero-order valence-corrected chi connectivity index (χ0v) is 20.0. The number of urea groups is 1. The molecule has 2 fully saturated rings. The van der Waals surface area contributed by atoms with E-state index >= 15 is 0 Å². The van der Waals surface area contributed by atoms with E-state index in [0.717, 1.165) is 51.1 Å². The minimum Gasteiger partial charge on any atom is -0.491 e. The molecule has 0 unspecified atom stereocenters. The standard InChI is InChI=1S/C28H37N3O2/c1-20(2)33-24-10-11-25-22(17-24)13-16-30-19-23-9-6-15-31(26(23)18-27(25)30)28(32)29-14-12-21-7-4-3-5-8-21/h3-5,7-8,10-11,17,20,23,26-27H,6,9,12-16,18-19H2,1-2H3,(H,29,32)/t23-,26+,27-/m1/s1. The first-order chi connectivity index (χ1) is 16.1. The van der Waals surface area contributed by atoms with Crippen molar-refractivity contribution in [1.29, 1.82) is 0 Å². The number of nitrogens with zero attached hydrogens (tertiary/aromatic N) is 2. The average Bonchev–Trinajstić information content (AvgIpc) is 2.82. The Bertz CT molecular complexity index is 961. The average molecular weight is 448 g/mol. The van der Waals surface area contributed by atoms with Crippen molar-refractivity contribution in [3.63, 3.8) is 0 Å². The second-order valence-corrected chi connectivity index (χ2v) is 10.2. The maximum atomic E-state index is 13.2. The molecule has 2 saturated heterocycles. The van der Waals surface area contributed by atoms with Gasteiger partial charge in [0.1, 0.15) is 5.75 Å². The monoisotopic (exact) mass is 447 g/mol. The number of fused-ring (bicyclic) bond motifs is 4. The number of carbonyl (C=O) groups is 1. The van der Waals surface area contributed by atoms with E-state index in [0.29, 0.717) is 24.5 Å². The Morgan fingerprint density at radius 3 is 2.82 bits per heavy atom. The summed E-state index contributed by atoms with van der Waals surface area (Å²) in [7, 11) is 0. The molecule has 3 aliphatic rings. The van der Waals surface area contributed by atoms with Gasteiger partial charge >= 0.3 is 6.03 Å². The van der Waals surface area contributed by atoms with Crippen molar-refractivity contribution in [2.75, 3.05) is 26.2 Å².